The zero-order valence-electron chi connectivity index (χ0n) is 10.0. The van der Waals surface area contributed by atoms with E-state index in [1.807, 2.05) is 0 Å². The van der Waals surface area contributed by atoms with E-state index < -0.39 is 23.0 Å². The molecular weight excluding hydrogens is 323 g/mol. The molecule has 0 N–H and O–H groups in total. The summed E-state index contributed by atoms with van der Waals surface area (Å²) in [5.74, 6) is -0.958. The normalized spacial score (nSPS) is 30.1. The van der Waals surface area contributed by atoms with Gasteiger partial charge in [-0.05, 0) is 27.7 Å². The molecule has 1 aliphatic rings. The average molecular weight is 340 g/mol. The van der Waals surface area contributed by atoms with Gasteiger partial charge in [-0.1, -0.05) is 22.6 Å². The van der Waals surface area contributed by atoms with E-state index in [-0.39, 0.29) is 6.10 Å². The molecular formula is C11H17IO4. The maximum atomic E-state index is 11.9. The van der Waals surface area contributed by atoms with Crippen molar-refractivity contribution in [1.29, 1.82) is 0 Å². The lowest BCUT2D eigenvalue weighted by Crippen LogP contribution is -2.38. The Kier molecular flexibility index (Phi) is 3.87. The number of alkyl halides is 1. The Morgan fingerprint density at radius 2 is 2.19 bits per heavy atom. The third-order valence-corrected chi connectivity index (χ3v) is 3.36. The zero-order valence-corrected chi connectivity index (χ0v) is 12.2. The number of hydrogen-bond donors (Lipinski definition) is 0. The second-order valence-electron chi connectivity index (χ2n) is 5.22. The lowest BCUT2D eigenvalue weighted by atomic mass is 9.87. The van der Waals surface area contributed by atoms with Crippen molar-refractivity contribution in [2.75, 3.05) is 4.43 Å². The number of rotatable bonds is 2. The van der Waals surface area contributed by atoms with Crippen molar-refractivity contribution in [3.63, 3.8) is 0 Å². The van der Waals surface area contributed by atoms with Gasteiger partial charge in [0.25, 0.3) is 0 Å². The molecule has 0 spiro atoms. The highest BCUT2D eigenvalue weighted by Gasteiger charge is 2.52. The van der Waals surface area contributed by atoms with E-state index in [0.29, 0.717) is 10.8 Å². The maximum absolute atomic E-state index is 11.9. The standard InChI is InChI=1S/C11H17IO4/c1-10(2,3)16-9(14)11(4)5-7(6-12)15-8(11)13/h7H,5-6H2,1-4H3/t7-,11-/m0/s1. The van der Waals surface area contributed by atoms with E-state index >= 15 is 0 Å². The summed E-state index contributed by atoms with van der Waals surface area (Å²) in [6, 6.07) is 0. The topological polar surface area (TPSA) is 52.6 Å². The van der Waals surface area contributed by atoms with Crippen LogP contribution in [0, 0.1) is 5.41 Å². The van der Waals surface area contributed by atoms with Crippen molar-refractivity contribution in [3.8, 4) is 0 Å². The Bertz CT molecular complexity index is 308. The van der Waals surface area contributed by atoms with E-state index in [1.165, 1.54) is 0 Å². The molecule has 1 heterocycles. The number of ether oxygens (including phenoxy) is 2. The molecule has 0 amide bonds. The number of esters is 2. The minimum atomic E-state index is -1.14. The Morgan fingerprint density at radius 3 is 2.56 bits per heavy atom. The highest BCUT2D eigenvalue weighted by atomic mass is 127. The highest BCUT2D eigenvalue weighted by Crippen LogP contribution is 2.36. The first-order valence-electron chi connectivity index (χ1n) is 5.19. The van der Waals surface area contributed by atoms with Gasteiger partial charge >= 0.3 is 11.9 Å². The summed E-state index contributed by atoms with van der Waals surface area (Å²) in [7, 11) is 0. The summed E-state index contributed by atoms with van der Waals surface area (Å²) in [5.41, 5.74) is -1.72. The van der Waals surface area contributed by atoms with Crippen LogP contribution in [-0.2, 0) is 19.1 Å². The SMILES string of the molecule is CC(C)(C)OC(=O)[C@@]1(C)C[C@@H](CI)OC1=O. The summed E-state index contributed by atoms with van der Waals surface area (Å²) in [6.07, 6.45) is 0.231. The molecule has 4 nitrogen and oxygen atoms in total. The third kappa shape index (κ3) is 2.87. The predicted octanol–water partition coefficient (Wildman–Crippen LogP) is 2.08. The molecule has 0 unspecified atom stereocenters. The average Bonchev–Trinajstić information content (AvgIpc) is 2.41. The quantitative estimate of drug-likeness (QED) is 0.334. The van der Waals surface area contributed by atoms with Crippen molar-refractivity contribution in [1.82, 2.24) is 0 Å². The van der Waals surface area contributed by atoms with E-state index in [0.717, 1.165) is 0 Å². The summed E-state index contributed by atoms with van der Waals surface area (Å²) in [6.45, 7) is 6.94. The molecule has 1 saturated heterocycles. The largest absolute Gasteiger partial charge is 0.461 e. The molecule has 0 aliphatic carbocycles. The van der Waals surface area contributed by atoms with Crippen LogP contribution in [0.15, 0.2) is 0 Å². The second-order valence-corrected chi connectivity index (χ2v) is 6.10. The minimum Gasteiger partial charge on any atom is -0.461 e. The van der Waals surface area contributed by atoms with Crippen LogP contribution in [0.4, 0.5) is 0 Å². The van der Waals surface area contributed by atoms with Crippen LogP contribution in [-0.4, -0.2) is 28.1 Å². The van der Waals surface area contributed by atoms with Gasteiger partial charge in [0.05, 0.1) is 0 Å². The van der Waals surface area contributed by atoms with Crippen LogP contribution >= 0.6 is 22.6 Å². The highest BCUT2D eigenvalue weighted by molar-refractivity contribution is 14.1. The fraction of sp³-hybridized carbons (Fsp3) is 0.818. The van der Waals surface area contributed by atoms with Crippen molar-refractivity contribution in [2.45, 2.75) is 45.8 Å². The van der Waals surface area contributed by atoms with Gasteiger partial charge in [0.1, 0.15) is 11.7 Å². The molecule has 92 valence electrons. The maximum Gasteiger partial charge on any atom is 0.323 e. The molecule has 2 atom stereocenters. The lowest BCUT2D eigenvalue weighted by molar-refractivity contribution is -0.171. The zero-order chi connectivity index (χ0) is 12.6. The van der Waals surface area contributed by atoms with Crippen LogP contribution in [0.1, 0.15) is 34.1 Å². The molecule has 5 heteroatoms. The molecule has 1 aliphatic heterocycles. The summed E-state index contributed by atoms with van der Waals surface area (Å²) in [4.78, 5) is 23.6. The fourth-order valence-corrected chi connectivity index (χ4v) is 2.00. The number of cyclic esters (lactones) is 1. The van der Waals surface area contributed by atoms with Crippen LogP contribution < -0.4 is 0 Å². The van der Waals surface area contributed by atoms with Gasteiger partial charge in [-0.15, -0.1) is 0 Å². The van der Waals surface area contributed by atoms with Crippen LogP contribution in [0.25, 0.3) is 0 Å². The Hall–Kier alpha value is -0.330. The predicted molar refractivity (Wildman–Crippen MR) is 67.3 cm³/mol. The molecule has 0 aromatic heterocycles. The van der Waals surface area contributed by atoms with Gasteiger partial charge in [-0.2, -0.15) is 0 Å². The number of hydrogen-bond acceptors (Lipinski definition) is 4. The molecule has 0 aromatic rings. The van der Waals surface area contributed by atoms with Gasteiger partial charge in [0, 0.05) is 10.8 Å². The van der Waals surface area contributed by atoms with Gasteiger partial charge in [-0.25, -0.2) is 0 Å². The van der Waals surface area contributed by atoms with Gasteiger partial charge in [0.2, 0.25) is 0 Å². The van der Waals surface area contributed by atoms with Gasteiger partial charge < -0.3 is 9.47 Å². The molecule has 0 radical (unpaired) electrons. The fourth-order valence-electron chi connectivity index (χ4n) is 1.51. The lowest BCUT2D eigenvalue weighted by Gasteiger charge is -2.25. The molecule has 0 saturated carbocycles. The van der Waals surface area contributed by atoms with E-state index in [2.05, 4.69) is 22.6 Å². The molecule has 16 heavy (non-hydrogen) atoms. The molecule has 1 fully saturated rings. The molecule has 0 aromatic carbocycles. The van der Waals surface area contributed by atoms with Crippen LogP contribution in [0.5, 0.6) is 0 Å². The molecule has 0 bridgehead atoms. The Balaban J connectivity index is 2.78. The van der Waals surface area contributed by atoms with Crippen LogP contribution in [0.3, 0.4) is 0 Å². The van der Waals surface area contributed by atoms with Crippen molar-refractivity contribution >= 4 is 34.5 Å². The van der Waals surface area contributed by atoms with E-state index in [1.54, 1.807) is 27.7 Å². The first-order chi connectivity index (χ1) is 7.19. The Labute approximate surface area is 109 Å². The summed E-state index contributed by atoms with van der Waals surface area (Å²) in [5, 5.41) is 0. The number of carbonyl (C=O) groups is 2. The summed E-state index contributed by atoms with van der Waals surface area (Å²) >= 11 is 2.14. The number of carbonyl (C=O) groups excluding carboxylic acids is 2. The smallest absolute Gasteiger partial charge is 0.323 e. The monoisotopic (exact) mass is 340 g/mol. The molecule has 1 rings (SSSR count). The van der Waals surface area contributed by atoms with Gasteiger partial charge in [0.15, 0.2) is 5.41 Å². The van der Waals surface area contributed by atoms with Crippen LogP contribution in [0.2, 0.25) is 0 Å². The van der Waals surface area contributed by atoms with Crippen molar-refractivity contribution < 1.29 is 19.1 Å². The van der Waals surface area contributed by atoms with Crippen molar-refractivity contribution in [2.24, 2.45) is 5.41 Å². The number of halogens is 1. The summed E-state index contributed by atoms with van der Waals surface area (Å²) < 4.78 is 11.1. The van der Waals surface area contributed by atoms with Crippen molar-refractivity contribution in [3.05, 3.63) is 0 Å². The second kappa shape index (κ2) is 4.50. The first kappa shape index (κ1) is 13.7. The third-order valence-electron chi connectivity index (χ3n) is 2.38. The van der Waals surface area contributed by atoms with Gasteiger partial charge in [-0.3, -0.25) is 9.59 Å². The first-order valence-corrected chi connectivity index (χ1v) is 6.72. The van der Waals surface area contributed by atoms with E-state index in [9.17, 15) is 9.59 Å². The van der Waals surface area contributed by atoms with E-state index in [4.69, 9.17) is 9.47 Å². The minimum absolute atomic E-state index is 0.175. The Morgan fingerprint density at radius 1 is 1.62 bits per heavy atom.